The highest BCUT2D eigenvalue weighted by Gasteiger charge is 2.24. The van der Waals surface area contributed by atoms with E-state index in [1.165, 1.54) is 24.5 Å². The molecule has 0 radical (unpaired) electrons. The van der Waals surface area contributed by atoms with Crippen molar-refractivity contribution in [2.45, 2.75) is 22.8 Å². The van der Waals surface area contributed by atoms with Crippen LogP contribution in [0.15, 0.2) is 50.9 Å². The van der Waals surface area contributed by atoms with E-state index >= 15 is 0 Å². The minimum absolute atomic E-state index is 0. The van der Waals surface area contributed by atoms with E-state index in [0.717, 1.165) is 29.7 Å². The average Bonchev–Trinajstić information content (AvgIpc) is 2.95. The van der Waals surface area contributed by atoms with Gasteiger partial charge in [0.05, 0.1) is 14.8 Å². The van der Waals surface area contributed by atoms with Gasteiger partial charge in [0.25, 0.3) is 0 Å². The van der Waals surface area contributed by atoms with Crippen molar-refractivity contribution in [1.82, 2.24) is 10.3 Å². The Labute approximate surface area is 150 Å². The minimum atomic E-state index is -3.67. The molecule has 1 aliphatic heterocycles. The van der Waals surface area contributed by atoms with E-state index in [1.54, 1.807) is 12.1 Å². The van der Waals surface area contributed by atoms with Crippen LogP contribution in [0.2, 0.25) is 5.02 Å². The number of hydrogen-bond acceptors (Lipinski definition) is 5. The summed E-state index contributed by atoms with van der Waals surface area (Å²) >= 11 is 6.28. The van der Waals surface area contributed by atoms with E-state index in [2.05, 4.69) is 10.3 Å². The second kappa shape index (κ2) is 6.37. The van der Waals surface area contributed by atoms with Crippen LogP contribution in [-0.4, -0.2) is 19.9 Å². The van der Waals surface area contributed by atoms with Crippen molar-refractivity contribution in [3.05, 3.63) is 53.0 Å². The number of halogens is 2. The van der Waals surface area contributed by atoms with Crippen molar-refractivity contribution in [1.29, 1.82) is 0 Å². The van der Waals surface area contributed by atoms with Gasteiger partial charge >= 0.3 is 0 Å². The molecule has 3 aromatic rings. The summed E-state index contributed by atoms with van der Waals surface area (Å²) in [5.41, 5.74) is 1.53. The molecular formula is C16H14Cl2N2O3S. The molecule has 0 unspecified atom stereocenters. The molecule has 0 aliphatic carbocycles. The molecule has 8 heteroatoms. The van der Waals surface area contributed by atoms with Gasteiger partial charge in [-0.1, -0.05) is 11.6 Å². The Hall–Kier alpha value is -1.60. The number of aromatic nitrogens is 1. The summed E-state index contributed by atoms with van der Waals surface area (Å²) < 4.78 is 31.4. The normalized spacial score (nSPS) is 14.2. The first-order valence-corrected chi connectivity index (χ1v) is 9.03. The summed E-state index contributed by atoms with van der Waals surface area (Å²) in [6, 6.07) is 6.19. The Kier molecular flexibility index (Phi) is 4.57. The monoisotopic (exact) mass is 384 g/mol. The molecule has 0 saturated carbocycles. The van der Waals surface area contributed by atoms with Gasteiger partial charge in [-0.05, 0) is 24.3 Å². The molecule has 0 spiro atoms. The van der Waals surface area contributed by atoms with Crippen LogP contribution in [0.4, 0.5) is 0 Å². The maximum absolute atomic E-state index is 12.8. The molecule has 0 saturated heterocycles. The third-order valence-corrected chi connectivity index (χ3v) is 5.99. The fraction of sp³-hybridized carbons (Fsp3) is 0.188. The molecular weight excluding hydrogens is 371 g/mol. The predicted molar refractivity (Wildman–Crippen MR) is 93.6 cm³/mol. The molecule has 0 fully saturated rings. The maximum atomic E-state index is 12.8. The van der Waals surface area contributed by atoms with E-state index in [1.807, 2.05) is 0 Å². The second-order valence-corrected chi connectivity index (χ2v) is 7.76. The maximum Gasteiger partial charge on any atom is 0.208 e. The molecule has 126 valence electrons. The first kappa shape index (κ1) is 17.2. The van der Waals surface area contributed by atoms with Crippen LogP contribution in [0.5, 0.6) is 0 Å². The zero-order chi connectivity index (χ0) is 16.0. The van der Waals surface area contributed by atoms with E-state index in [-0.39, 0.29) is 22.2 Å². The molecule has 24 heavy (non-hydrogen) atoms. The Morgan fingerprint density at radius 1 is 1.25 bits per heavy atom. The fourth-order valence-corrected chi connectivity index (χ4v) is 4.44. The van der Waals surface area contributed by atoms with Gasteiger partial charge in [0.1, 0.15) is 5.76 Å². The van der Waals surface area contributed by atoms with Gasteiger partial charge in [0.2, 0.25) is 9.84 Å². The summed E-state index contributed by atoms with van der Waals surface area (Å²) in [7, 11) is -3.67. The number of nitrogens with zero attached hydrogens (tertiary/aromatic N) is 1. The summed E-state index contributed by atoms with van der Waals surface area (Å²) in [4.78, 5) is 4.18. The predicted octanol–water partition coefficient (Wildman–Crippen LogP) is 3.38. The first-order chi connectivity index (χ1) is 11.1. The van der Waals surface area contributed by atoms with Crippen molar-refractivity contribution in [3.8, 4) is 0 Å². The van der Waals surface area contributed by atoms with Gasteiger partial charge in [0, 0.05) is 42.9 Å². The average molecular weight is 385 g/mol. The van der Waals surface area contributed by atoms with Crippen LogP contribution < -0.4 is 5.32 Å². The zero-order valence-corrected chi connectivity index (χ0v) is 14.8. The molecule has 5 nitrogen and oxygen atoms in total. The van der Waals surface area contributed by atoms with Crippen LogP contribution in [0.1, 0.15) is 11.3 Å². The van der Waals surface area contributed by atoms with Crippen LogP contribution in [0.3, 0.4) is 0 Å². The van der Waals surface area contributed by atoms with Crippen molar-refractivity contribution >= 4 is 44.8 Å². The molecule has 2 aromatic heterocycles. The van der Waals surface area contributed by atoms with Crippen molar-refractivity contribution in [2.75, 3.05) is 6.54 Å². The Balaban J connectivity index is 0.00000169. The van der Waals surface area contributed by atoms with E-state index in [0.29, 0.717) is 17.2 Å². The molecule has 1 N–H and O–H groups in total. The molecule has 3 heterocycles. The SMILES string of the molecule is Cl.O=S(=O)(c1cccnc1)c1cc(Cl)c2oc3c(c2c1)CNCC3. The molecule has 4 rings (SSSR count). The largest absolute Gasteiger partial charge is 0.459 e. The summed E-state index contributed by atoms with van der Waals surface area (Å²) in [5, 5.41) is 4.32. The number of hydrogen-bond donors (Lipinski definition) is 1. The highest BCUT2D eigenvalue weighted by atomic mass is 35.5. The smallest absolute Gasteiger partial charge is 0.208 e. The van der Waals surface area contributed by atoms with Crippen molar-refractivity contribution < 1.29 is 12.8 Å². The first-order valence-electron chi connectivity index (χ1n) is 7.17. The second-order valence-electron chi connectivity index (χ2n) is 5.40. The number of benzene rings is 1. The molecule has 0 atom stereocenters. The fourth-order valence-electron chi connectivity index (χ4n) is 2.84. The number of furan rings is 1. The lowest BCUT2D eigenvalue weighted by Crippen LogP contribution is -2.22. The Bertz CT molecular complexity index is 1000. The lowest BCUT2D eigenvalue weighted by Gasteiger charge is -2.11. The van der Waals surface area contributed by atoms with Gasteiger partial charge in [0.15, 0.2) is 5.58 Å². The number of fused-ring (bicyclic) bond motifs is 3. The number of sulfone groups is 1. The zero-order valence-electron chi connectivity index (χ0n) is 12.5. The van der Waals surface area contributed by atoms with Crippen LogP contribution in [0, 0.1) is 0 Å². The third-order valence-electron chi connectivity index (χ3n) is 3.99. The summed E-state index contributed by atoms with van der Waals surface area (Å²) in [6.07, 6.45) is 3.64. The quantitative estimate of drug-likeness (QED) is 0.732. The third kappa shape index (κ3) is 2.69. The van der Waals surface area contributed by atoms with Crippen molar-refractivity contribution in [3.63, 3.8) is 0 Å². The lowest BCUT2D eigenvalue weighted by atomic mass is 10.1. The number of rotatable bonds is 2. The number of nitrogens with one attached hydrogen (secondary N) is 1. The van der Waals surface area contributed by atoms with E-state index < -0.39 is 9.84 Å². The van der Waals surface area contributed by atoms with E-state index in [4.69, 9.17) is 16.0 Å². The van der Waals surface area contributed by atoms with Gasteiger partial charge in [-0.25, -0.2) is 8.42 Å². The molecule has 0 amide bonds. The molecule has 1 aliphatic rings. The minimum Gasteiger partial charge on any atom is -0.459 e. The van der Waals surface area contributed by atoms with Gasteiger partial charge in [-0.15, -0.1) is 12.4 Å². The van der Waals surface area contributed by atoms with Crippen molar-refractivity contribution in [2.24, 2.45) is 0 Å². The molecule has 1 aromatic carbocycles. The van der Waals surface area contributed by atoms with Gasteiger partial charge in [-0.3, -0.25) is 4.98 Å². The van der Waals surface area contributed by atoms with Crippen LogP contribution in [0.25, 0.3) is 11.0 Å². The van der Waals surface area contributed by atoms with Gasteiger partial charge < -0.3 is 9.73 Å². The van der Waals surface area contributed by atoms with Gasteiger partial charge in [-0.2, -0.15) is 0 Å². The number of pyridine rings is 1. The Morgan fingerprint density at radius 3 is 2.83 bits per heavy atom. The van der Waals surface area contributed by atoms with E-state index in [9.17, 15) is 8.42 Å². The highest BCUT2D eigenvalue weighted by Crippen LogP contribution is 2.36. The topological polar surface area (TPSA) is 72.2 Å². The Morgan fingerprint density at radius 2 is 2.08 bits per heavy atom. The highest BCUT2D eigenvalue weighted by molar-refractivity contribution is 7.91. The summed E-state index contributed by atoms with van der Waals surface area (Å²) in [5.74, 6) is 0.872. The lowest BCUT2D eigenvalue weighted by molar-refractivity contribution is 0.500. The van der Waals surface area contributed by atoms with Crippen LogP contribution >= 0.6 is 24.0 Å². The standard InChI is InChI=1S/C16H13ClN2O3S.ClH/c17-14-7-11(23(20,21)10-2-1-4-18-8-10)6-12-13-9-19-5-3-15(13)22-16(12)14;/h1-2,4,6-8,19H,3,5,9H2;1H. The summed E-state index contributed by atoms with van der Waals surface area (Å²) in [6.45, 7) is 1.49. The van der Waals surface area contributed by atoms with Crippen LogP contribution in [-0.2, 0) is 22.8 Å². The molecule has 0 bridgehead atoms.